The molecule has 4 nitrogen and oxygen atoms in total. The van der Waals surface area contributed by atoms with Gasteiger partial charge in [-0.2, -0.15) is 5.10 Å². The molecule has 2 N–H and O–H groups in total. The zero-order valence-electron chi connectivity index (χ0n) is 11.2. The van der Waals surface area contributed by atoms with Gasteiger partial charge in [-0.3, -0.25) is 9.89 Å². The molecule has 0 saturated carbocycles. The van der Waals surface area contributed by atoms with Gasteiger partial charge < -0.3 is 5.32 Å². The Balaban J connectivity index is 1.87. The average molecular weight is 301 g/mol. The number of aromatic amines is 1. The van der Waals surface area contributed by atoms with Crippen LogP contribution in [0.5, 0.6) is 0 Å². The number of benzene rings is 1. The smallest absolute Gasteiger partial charge is 0.266 e. The molecule has 0 unspecified atom stereocenters. The van der Waals surface area contributed by atoms with E-state index in [9.17, 15) is 9.18 Å². The largest absolute Gasteiger partial charge is 0.306 e. The van der Waals surface area contributed by atoms with E-state index in [2.05, 4.69) is 15.5 Å². The maximum atomic E-state index is 13.0. The number of nitrogens with zero attached hydrogens (tertiary/aromatic N) is 1. The van der Waals surface area contributed by atoms with Crippen molar-refractivity contribution in [2.45, 2.75) is 6.92 Å². The molecule has 106 valence electrons. The van der Waals surface area contributed by atoms with Crippen molar-refractivity contribution in [3.05, 3.63) is 58.9 Å². The number of H-pyrrole nitrogens is 1. The van der Waals surface area contributed by atoms with E-state index in [1.54, 1.807) is 24.4 Å². The monoisotopic (exact) mass is 301 g/mol. The molecule has 3 aromatic rings. The zero-order valence-corrected chi connectivity index (χ0v) is 12.0. The van der Waals surface area contributed by atoms with E-state index in [0.29, 0.717) is 10.7 Å². The summed E-state index contributed by atoms with van der Waals surface area (Å²) in [7, 11) is 0. The van der Waals surface area contributed by atoms with Gasteiger partial charge in [0.25, 0.3) is 5.91 Å². The normalized spacial score (nSPS) is 10.6. The Kier molecular flexibility index (Phi) is 3.53. The lowest BCUT2D eigenvalue weighted by molar-refractivity contribution is 0.103. The van der Waals surface area contributed by atoms with Crippen LogP contribution in [0.3, 0.4) is 0 Å². The van der Waals surface area contributed by atoms with Gasteiger partial charge in [0.2, 0.25) is 0 Å². The highest BCUT2D eigenvalue weighted by Crippen LogP contribution is 2.32. The Morgan fingerprint density at radius 3 is 2.71 bits per heavy atom. The molecule has 21 heavy (non-hydrogen) atoms. The molecule has 2 heterocycles. The quantitative estimate of drug-likeness (QED) is 0.772. The SMILES string of the molecule is Cc1cc(C(=O)Nc2ccn[nH]2)sc1-c1ccc(F)cc1. The molecule has 0 spiro atoms. The third kappa shape index (κ3) is 2.85. The van der Waals surface area contributed by atoms with Crippen molar-refractivity contribution in [2.24, 2.45) is 0 Å². The first-order chi connectivity index (χ1) is 10.1. The molecule has 2 aromatic heterocycles. The second kappa shape index (κ2) is 5.49. The van der Waals surface area contributed by atoms with Gasteiger partial charge in [-0.15, -0.1) is 11.3 Å². The molecule has 3 rings (SSSR count). The predicted molar refractivity (Wildman–Crippen MR) is 81.0 cm³/mol. The minimum atomic E-state index is -0.273. The molecular formula is C15H12FN3OS. The molecule has 0 aliphatic rings. The molecule has 0 saturated heterocycles. The van der Waals surface area contributed by atoms with Crippen LogP contribution in [-0.4, -0.2) is 16.1 Å². The van der Waals surface area contributed by atoms with Crippen molar-refractivity contribution in [1.29, 1.82) is 0 Å². The van der Waals surface area contributed by atoms with Gasteiger partial charge in [0.05, 0.1) is 11.1 Å². The van der Waals surface area contributed by atoms with Crippen LogP contribution in [0, 0.1) is 12.7 Å². The Morgan fingerprint density at radius 2 is 2.05 bits per heavy atom. The van der Waals surface area contributed by atoms with Crippen molar-refractivity contribution in [3.63, 3.8) is 0 Å². The predicted octanol–water partition coefficient (Wildman–Crippen LogP) is 3.84. The van der Waals surface area contributed by atoms with Crippen LogP contribution in [-0.2, 0) is 0 Å². The van der Waals surface area contributed by atoms with Crippen LogP contribution in [0.1, 0.15) is 15.2 Å². The molecular weight excluding hydrogens is 289 g/mol. The highest BCUT2D eigenvalue weighted by molar-refractivity contribution is 7.17. The van der Waals surface area contributed by atoms with E-state index in [1.807, 2.05) is 13.0 Å². The van der Waals surface area contributed by atoms with E-state index >= 15 is 0 Å². The third-order valence-corrected chi connectivity index (χ3v) is 4.28. The van der Waals surface area contributed by atoms with Crippen LogP contribution in [0.15, 0.2) is 42.6 Å². The topological polar surface area (TPSA) is 57.8 Å². The standard InChI is InChI=1S/C15H12FN3OS/c1-9-8-12(15(20)18-13-6-7-17-19-13)21-14(9)10-2-4-11(16)5-3-10/h2-8H,1H3,(H2,17,18,19,20). The van der Waals surface area contributed by atoms with E-state index in [4.69, 9.17) is 0 Å². The van der Waals surface area contributed by atoms with E-state index in [-0.39, 0.29) is 11.7 Å². The summed E-state index contributed by atoms with van der Waals surface area (Å²) in [5.41, 5.74) is 1.89. The lowest BCUT2D eigenvalue weighted by Crippen LogP contribution is -2.10. The van der Waals surface area contributed by atoms with Crippen molar-refractivity contribution in [2.75, 3.05) is 5.32 Å². The van der Waals surface area contributed by atoms with Crippen LogP contribution < -0.4 is 5.32 Å². The molecule has 0 bridgehead atoms. The number of halogens is 1. The van der Waals surface area contributed by atoms with Crippen molar-refractivity contribution in [1.82, 2.24) is 10.2 Å². The number of thiophene rings is 1. The summed E-state index contributed by atoms with van der Waals surface area (Å²) in [6.07, 6.45) is 1.57. The average Bonchev–Trinajstić information content (AvgIpc) is 3.09. The van der Waals surface area contributed by atoms with Gasteiger partial charge in [-0.05, 0) is 36.2 Å². The van der Waals surface area contributed by atoms with Gasteiger partial charge in [-0.1, -0.05) is 12.1 Å². The highest BCUT2D eigenvalue weighted by Gasteiger charge is 2.14. The third-order valence-electron chi connectivity index (χ3n) is 3.00. The summed E-state index contributed by atoms with van der Waals surface area (Å²) in [5.74, 6) is 0.0836. The number of hydrogen-bond donors (Lipinski definition) is 2. The second-order valence-corrected chi connectivity index (χ2v) is 5.61. The Hall–Kier alpha value is -2.47. The molecule has 6 heteroatoms. The molecule has 0 aliphatic carbocycles. The molecule has 1 aromatic carbocycles. The zero-order chi connectivity index (χ0) is 14.8. The van der Waals surface area contributed by atoms with Gasteiger partial charge in [0, 0.05) is 10.9 Å². The minimum absolute atomic E-state index is 0.194. The van der Waals surface area contributed by atoms with Gasteiger partial charge in [0.15, 0.2) is 0 Å². The van der Waals surface area contributed by atoms with E-state index in [1.165, 1.54) is 23.5 Å². The first kappa shape index (κ1) is 13.5. The van der Waals surface area contributed by atoms with Crippen LogP contribution >= 0.6 is 11.3 Å². The Morgan fingerprint density at radius 1 is 1.29 bits per heavy atom. The summed E-state index contributed by atoms with van der Waals surface area (Å²) >= 11 is 1.38. The van der Waals surface area contributed by atoms with E-state index < -0.39 is 0 Å². The number of hydrogen-bond acceptors (Lipinski definition) is 3. The van der Waals surface area contributed by atoms with Gasteiger partial charge in [-0.25, -0.2) is 4.39 Å². The van der Waals surface area contributed by atoms with E-state index in [0.717, 1.165) is 16.0 Å². The first-order valence-electron chi connectivity index (χ1n) is 6.30. The fourth-order valence-electron chi connectivity index (χ4n) is 1.99. The molecule has 0 radical (unpaired) electrons. The Labute approximate surface area is 124 Å². The molecule has 1 amide bonds. The fourth-order valence-corrected chi connectivity index (χ4v) is 3.06. The molecule has 0 atom stereocenters. The lowest BCUT2D eigenvalue weighted by Gasteiger charge is -1.99. The summed E-state index contributed by atoms with van der Waals surface area (Å²) in [6.45, 7) is 1.93. The van der Waals surface area contributed by atoms with Crippen molar-refractivity contribution < 1.29 is 9.18 Å². The minimum Gasteiger partial charge on any atom is -0.306 e. The molecule has 0 fully saturated rings. The number of carbonyl (C=O) groups excluding carboxylic acids is 1. The summed E-state index contributed by atoms with van der Waals surface area (Å²) in [6, 6.07) is 9.77. The summed E-state index contributed by atoms with van der Waals surface area (Å²) < 4.78 is 13.0. The van der Waals surface area contributed by atoms with Crippen molar-refractivity contribution in [3.8, 4) is 10.4 Å². The van der Waals surface area contributed by atoms with Gasteiger partial charge >= 0.3 is 0 Å². The lowest BCUT2D eigenvalue weighted by atomic mass is 10.1. The summed E-state index contributed by atoms with van der Waals surface area (Å²) in [4.78, 5) is 13.7. The van der Waals surface area contributed by atoms with Crippen LogP contribution in [0.2, 0.25) is 0 Å². The van der Waals surface area contributed by atoms with Crippen LogP contribution in [0.4, 0.5) is 10.2 Å². The first-order valence-corrected chi connectivity index (χ1v) is 7.12. The number of carbonyl (C=O) groups is 1. The number of anilines is 1. The number of aromatic nitrogens is 2. The Bertz CT molecular complexity index is 763. The maximum Gasteiger partial charge on any atom is 0.266 e. The molecule has 0 aliphatic heterocycles. The number of nitrogens with one attached hydrogen (secondary N) is 2. The highest BCUT2D eigenvalue weighted by atomic mass is 32.1. The van der Waals surface area contributed by atoms with Gasteiger partial charge in [0.1, 0.15) is 11.6 Å². The second-order valence-electron chi connectivity index (χ2n) is 4.55. The number of amides is 1. The maximum absolute atomic E-state index is 13.0. The number of rotatable bonds is 3. The van der Waals surface area contributed by atoms with Crippen molar-refractivity contribution >= 4 is 23.1 Å². The van der Waals surface area contributed by atoms with Crippen LogP contribution in [0.25, 0.3) is 10.4 Å². The fraction of sp³-hybridized carbons (Fsp3) is 0.0667. The summed E-state index contributed by atoms with van der Waals surface area (Å²) in [5, 5.41) is 9.19. The number of aryl methyl sites for hydroxylation is 1.